The van der Waals surface area contributed by atoms with Gasteiger partial charge in [-0.1, -0.05) is 24.3 Å². The lowest BCUT2D eigenvalue weighted by molar-refractivity contribution is -0.116. The number of benzene rings is 2. The number of carbonyl (C=O) groups is 1. The van der Waals surface area contributed by atoms with Gasteiger partial charge in [0, 0.05) is 25.2 Å². The molecule has 2 rings (SSSR count). The van der Waals surface area contributed by atoms with Crippen molar-refractivity contribution in [3.05, 3.63) is 59.2 Å². The molecule has 0 unspecified atom stereocenters. The molecule has 4 heteroatoms. The van der Waals surface area contributed by atoms with Gasteiger partial charge >= 0.3 is 0 Å². The van der Waals surface area contributed by atoms with Gasteiger partial charge in [0.05, 0.1) is 7.11 Å². The molecule has 2 aromatic carbocycles. The third-order valence-electron chi connectivity index (χ3n) is 3.68. The molecule has 0 fully saturated rings. The van der Waals surface area contributed by atoms with Crippen molar-refractivity contribution in [2.24, 2.45) is 0 Å². The fourth-order valence-electron chi connectivity index (χ4n) is 2.26. The summed E-state index contributed by atoms with van der Waals surface area (Å²) < 4.78 is 5.13. The van der Waals surface area contributed by atoms with Crippen LogP contribution < -0.4 is 15.4 Å². The highest BCUT2D eigenvalue weighted by molar-refractivity contribution is 5.91. The summed E-state index contributed by atoms with van der Waals surface area (Å²) in [5, 5.41) is 6.25. The van der Waals surface area contributed by atoms with Gasteiger partial charge in [-0.2, -0.15) is 0 Å². The van der Waals surface area contributed by atoms with Crippen LogP contribution in [0.4, 0.5) is 5.69 Å². The maximum Gasteiger partial charge on any atom is 0.225 e. The number of anilines is 1. The molecule has 2 aromatic rings. The SMILES string of the molecule is COc1ccc(CNCCC(=O)Nc2cc(C)ccc2C)cc1. The zero-order valence-corrected chi connectivity index (χ0v) is 14.0. The molecule has 0 saturated heterocycles. The van der Waals surface area contributed by atoms with E-state index in [1.807, 2.05) is 56.3 Å². The topological polar surface area (TPSA) is 50.4 Å². The highest BCUT2D eigenvalue weighted by Gasteiger charge is 2.05. The third-order valence-corrected chi connectivity index (χ3v) is 3.68. The Morgan fingerprint density at radius 2 is 1.83 bits per heavy atom. The van der Waals surface area contributed by atoms with Gasteiger partial charge < -0.3 is 15.4 Å². The molecule has 0 bridgehead atoms. The van der Waals surface area contributed by atoms with Crippen LogP contribution in [-0.2, 0) is 11.3 Å². The van der Waals surface area contributed by atoms with Gasteiger partial charge in [-0.15, -0.1) is 0 Å². The van der Waals surface area contributed by atoms with Gasteiger partial charge in [-0.3, -0.25) is 4.79 Å². The molecule has 0 radical (unpaired) electrons. The highest BCUT2D eigenvalue weighted by atomic mass is 16.5. The highest BCUT2D eigenvalue weighted by Crippen LogP contribution is 2.16. The summed E-state index contributed by atoms with van der Waals surface area (Å²) in [5.74, 6) is 0.877. The van der Waals surface area contributed by atoms with Crippen LogP contribution in [0.1, 0.15) is 23.1 Å². The minimum Gasteiger partial charge on any atom is -0.497 e. The number of methoxy groups -OCH3 is 1. The third kappa shape index (κ3) is 5.42. The maximum atomic E-state index is 12.0. The summed E-state index contributed by atoms with van der Waals surface area (Å²) in [6.07, 6.45) is 0.448. The molecule has 0 spiro atoms. The first-order chi connectivity index (χ1) is 11.1. The summed E-state index contributed by atoms with van der Waals surface area (Å²) in [6.45, 7) is 5.39. The van der Waals surface area contributed by atoms with Crippen LogP contribution in [0, 0.1) is 13.8 Å². The number of rotatable bonds is 7. The van der Waals surface area contributed by atoms with Crippen molar-refractivity contribution in [2.45, 2.75) is 26.8 Å². The molecule has 122 valence electrons. The standard InChI is InChI=1S/C19H24N2O2/c1-14-4-5-15(2)18(12-14)21-19(22)10-11-20-13-16-6-8-17(23-3)9-7-16/h4-9,12,20H,10-11,13H2,1-3H3,(H,21,22). The average molecular weight is 312 g/mol. The number of hydrogen-bond donors (Lipinski definition) is 2. The summed E-state index contributed by atoms with van der Waals surface area (Å²) in [5.41, 5.74) is 4.28. The van der Waals surface area contributed by atoms with E-state index < -0.39 is 0 Å². The van der Waals surface area contributed by atoms with Crippen LogP contribution in [-0.4, -0.2) is 19.6 Å². The first-order valence-electron chi connectivity index (χ1n) is 7.79. The van der Waals surface area contributed by atoms with E-state index in [4.69, 9.17) is 4.74 Å². The Morgan fingerprint density at radius 3 is 2.52 bits per heavy atom. The van der Waals surface area contributed by atoms with E-state index in [-0.39, 0.29) is 5.91 Å². The summed E-state index contributed by atoms with van der Waals surface area (Å²) >= 11 is 0. The van der Waals surface area contributed by atoms with Crippen LogP contribution in [0.5, 0.6) is 5.75 Å². The van der Waals surface area contributed by atoms with Crippen molar-refractivity contribution in [1.82, 2.24) is 5.32 Å². The first kappa shape index (κ1) is 17.0. The largest absolute Gasteiger partial charge is 0.497 e. The number of amides is 1. The molecule has 0 atom stereocenters. The van der Waals surface area contributed by atoms with E-state index in [1.165, 1.54) is 5.56 Å². The molecular weight excluding hydrogens is 288 g/mol. The van der Waals surface area contributed by atoms with Crippen molar-refractivity contribution in [3.8, 4) is 5.75 Å². The number of nitrogens with one attached hydrogen (secondary N) is 2. The van der Waals surface area contributed by atoms with Crippen molar-refractivity contribution in [3.63, 3.8) is 0 Å². The fourth-order valence-corrected chi connectivity index (χ4v) is 2.26. The second-order valence-electron chi connectivity index (χ2n) is 5.64. The fraction of sp³-hybridized carbons (Fsp3) is 0.316. The van der Waals surface area contributed by atoms with Gasteiger partial charge in [-0.25, -0.2) is 0 Å². The van der Waals surface area contributed by atoms with E-state index in [9.17, 15) is 4.79 Å². The predicted octanol–water partition coefficient (Wildman–Crippen LogP) is 3.43. The van der Waals surface area contributed by atoms with E-state index in [1.54, 1.807) is 7.11 Å². The lowest BCUT2D eigenvalue weighted by Crippen LogP contribution is -2.21. The molecule has 0 aliphatic rings. The Hall–Kier alpha value is -2.33. The van der Waals surface area contributed by atoms with Gasteiger partial charge in [0.15, 0.2) is 0 Å². The molecule has 2 N–H and O–H groups in total. The van der Waals surface area contributed by atoms with Crippen molar-refractivity contribution in [2.75, 3.05) is 19.0 Å². The van der Waals surface area contributed by atoms with Crippen LogP contribution in [0.2, 0.25) is 0 Å². The van der Waals surface area contributed by atoms with Crippen LogP contribution >= 0.6 is 0 Å². The second-order valence-corrected chi connectivity index (χ2v) is 5.64. The summed E-state index contributed by atoms with van der Waals surface area (Å²) in [6, 6.07) is 14.0. The second kappa shape index (κ2) is 8.34. The molecular formula is C19H24N2O2. The van der Waals surface area contributed by atoms with E-state index in [2.05, 4.69) is 10.6 Å². The lowest BCUT2D eigenvalue weighted by Gasteiger charge is -2.10. The molecule has 0 aliphatic carbocycles. The van der Waals surface area contributed by atoms with E-state index in [0.717, 1.165) is 29.1 Å². The Balaban J connectivity index is 1.73. The molecule has 0 aliphatic heterocycles. The predicted molar refractivity (Wildman–Crippen MR) is 93.9 cm³/mol. The number of carbonyl (C=O) groups excluding carboxylic acids is 1. The first-order valence-corrected chi connectivity index (χ1v) is 7.79. The van der Waals surface area contributed by atoms with Crippen molar-refractivity contribution in [1.29, 1.82) is 0 Å². The average Bonchev–Trinajstić information content (AvgIpc) is 2.55. The smallest absolute Gasteiger partial charge is 0.225 e. The number of aryl methyl sites for hydroxylation is 2. The number of hydrogen-bond acceptors (Lipinski definition) is 3. The molecule has 4 nitrogen and oxygen atoms in total. The molecule has 0 saturated carbocycles. The van der Waals surface area contributed by atoms with Gasteiger partial charge in [0.2, 0.25) is 5.91 Å². The van der Waals surface area contributed by atoms with Crippen molar-refractivity contribution < 1.29 is 9.53 Å². The van der Waals surface area contributed by atoms with E-state index in [0.29, 0.717) is 13.0 Å². The quantitative estimate of drug-likeness (QED) is 0.770. The molecule has 0 heterocycles. The zero-order chi connectivity index (χ0) is 16.7. The lowest BCUT2D eigenvalue weighted by atomic mass is 10.1. The van der Waals surface area contributed by atoms with Crippen LogP contribution in [0.3, 0.4) is 0 Å². The van der Waals surface area contributed by atoms with Crippen molar-refractivity contribution >= 4 is 11.6 Å². The Kier molecular flexibility index (Phi) is 6.18. The Bertz CT molecular complexity index is 651. The summed E-state index contributed by atoms with van der Waals surface area (Å²) in [7, 11) is 1.65. The van der Waals surface area contributed by atoms with Crippen LogP contribution in [0.25, 0.3) is 0 Å². The Morgan fingerprint density at radius 1 is 1.09 bits per heavy atom. The van der Waals surface area contributed by atoms with Gasteiger partial charge in [0.1, 0.15) is 5.75 Å². The van der Waals surface area contributed by atoms with Gasteiger partial charge in [-0.05, 0) is 48.7 Å². The normalized spacial score (nSPS) is 10.4. The van der Waals surface area contributed by atoms with Crippen LogP contribution in [0.15, 0.2) is 42.5 Å². The van der Waals surface area contributed by atoms with E-state index >= 15 is 0 Å². The monoisotopic (exact) mass is 312 g/mol. The maximum absolute atomic E-state index is 12.0. The molecule has 1 amide bonds. The molecule has 0 aromatic heterocycles. The zero-order valence-electron chi connectivity index (χ0n) is 14.0. The molecule has 23 heavy (non-hydrogen) atoms. The summed E-state index contributed by atoms with van der Waals surface area (Å²) in [4.78, 5) is 12.0. The minimum atomic E-state index is 0.0286. The minimum absolute atomic E-state index is 0.0286. The van der Waals surface area contributed by atoms with Gasteiger partial charge in [0.25, 0.3) is 0 Å². The Labute approximate surface area is 137 Å². The number of ether oxygens (including phenoxy) is 1.